The van der Waals surface area contributed by atoms with E-state index in [0.29, 0.717) is 26.2 Å². The second-order valence-corrected chi connectivity index (χ2v) is 8.20. The molecule has 3 saturated heterocycles. The van der Waals surface area contributed by atoms with Crippen molar-refractivity contribution in [3.05, 3.63) is 18.0 Å². The third-order valence-electron chi connectivity index (χ3n) is 6.25. The molecule has 4 rings (SSSR count). The van der Waals surface area contributed by atoms with Gasteiger partial charge in [-0.25, -0.2) is 0 Å². The summed E-state index contributed by atoms with van der Waals surface area (Å²) in [5.41, 5.74) is 0.320. The maximum Gasteiger partial charge on any atom is 0.234 e. The summed E-state index contributed by atoms with van der Waals surface area (Å²) in [6, 6.07) is -0.161. The fourth-order valence-corrected chi connectivity index (χ4v) is 4.56. The Morgan fingerprint density at radius 2 is 2.11 bits per heavy atom. The highest BCUT2D eigenvalue weighted by Crippen LogP contribution is 2.35. The molecule has 150 valence electrons. The molecule has 27 heavy (non-hydrogen) atoms. The number of hydrogen-bond acceptors (Lipinski definition) is 6. The van der Waals surface area contributed by atoms with Gasteiger partial charge in [-0.2, -0.15) is 5.10 Å². The molecule has 0 aromatic carbocycles. The summed E-state index contributed by atoms with van der Waals surface area (Å²) in [5.74, 6) is 0.0320. The van der Waals surface area contributed by atoms with Crippen LogP contribution in [0.1, 0.15) is 30.9 Å². The zero-order chi connectivity index (χ0) is 18.9. The smallest absolute Gasteiger partial charge is 0.234 e. The van der Waals surface area contributed by atoms with Gasteiger partial charge in [0.05, 0.1) is 37.0 Å². The molecule has 3 aliphatic heterocycles. The molecular weight excluding hydrogens is 346 g/mol. The number of piperidine rings is 1. The van der Waals surface area contributed by atoms with Gasteiger partial charge in [-0.3, -0.25) is 9.48 Å². The summed E-state index contributed by atoms with van der Waals surface area (Å²) in [6.07, 6.45) is 7.50. The molecule has 1 amide bonds. The molecule has 3 fully saturated rings. The standard InChI is InChI=1S/C19H31N5O3/c1-22-10-15(9-21-22)17-16(11-23-5-3-2-4-6-23)27-8-7-24(17)18(26)19(14-25)12-20-13-19/h9-10,16-17,20,25H,2-8,11-14H2,1H3/t16-,17-/m0/s1. The van der Waals surface area contributed by atoms with Crippen LogP contribution in [0.3, 0.4) is 0 Å². The second-order valence-electron chi connectivity index (χ2n) is 8.20. The van der Waals surface area contributed by atoms with Crippen LogP contribution in [0.5, 0.6) is 0 Å². The third kappa shape index (κ3) is 3.63. The first kappa shape index (κ1) is 18.9. The van der Waals surface area contributed by atoms with Crippen LogP contribution in [-0.4, -0.2) is 89.2 Å². The van der Waals surface area contributed by atoms with Gasteiger partial charge in [0.15, 0.2) is 0 Å². The maximum absolute atomic E-state index is 13.4. The van der Waals surface area contributed by atoms with Gasteiger partial charge in [-0.05, 0) is 25.9 Å². The molecule has 8 nitrogen and oxygen atoms in total. The van der Waals surface area contributed by atoms with Crippen molar-refractivity contribution >= 4 is 5.91 Å². The van der Waals surface area contributed by atoms with Crippen LogP contribution >= 0.6 is 0 Å². The minimum absolute atomic E-state index is 0.0320. The zero-order valence-corrected chi connectivity index (χ0v) is 16.1. The number of aryl methyl sites for hydroxylation is 1. The van der Waals surface area contributed by atoms with Gasteiger partial charge in [0.2, 0.25) is 5.91 Å². The minimum Gasteiger partial charge on any atom is -0.395 e. The Morgan fingerprint density at radius 3 is 2.70 bits per heavy atom. The summed E-state index contributed by atoms with van der Waals surface area (Å²) >= 11 is 0. The van der Waals surface area contributed by atoms with E-state index in [4.69, 9.17) is 4.74 Å². The van der Waals surface area contributed by atoms with Crippen LogP contribution in [0.4, 0.5) is 0 Å². The number of ether oxygens (including phenoxy) is 1. The molecule has 8 heteroatoms. The Bertz CT molecular complexity index is 648. The number of nitrogens with one attached hydrogen (secondary N) is 1. The summed E-state index contributed by atoms with van der Waals surface area (Å²) < 4.78 is 7.96. The number of aromatic nitrogens is 2. The van der Waals surface area contributed by atoms with E-state index in [2.05, 4.69) is 15.3 Å². The van der Waals surface area contributed by atoms with E-state index >= 15 is 0 Å². The molecule has 2 atom stereocenters. The molecule has 0 aliphatic carbocycles. The molecule has 3 aliphatic rings. The Morgan fingerprint density at radius 1 is 1.33 bits per heavy atom. The Labute approximate surface area is 160 Å². The molecule has 1 aromatic heterocycles. The van der Waals surface area contributed by atoms with Crippen molar-refractivity contribution in [1.29, 1.82) is 0 Å². The highest BCUT2D eigenvalue weighted by molar-refractivity contribution is 5.85. The van der Waals surface area contributed by atoms with E-state index in [0.717, 1.165) is 25.2 Å². The van der Waals surface area contributed by atoms with Gasteiger partial charge in [0.25, 0.3) is 0 Å². The van der Waals surface area contributed by atoms with E-state index in [1.54, 1.807) is 4.68 Å². The molecule has 4 heterocycles. The predicted octanol–water partition coefficient (Wildman–Crippen LogP) is -0.244. The summed E-state index contributed by atoms with van der Waals surface area (Å²) in [6.45, 7) is 5.07. The second kappa shape index (κ2) is 7.87. The third-order valence-corrected chi connectivity index (χ3v) is 6.25. The largest absolute Gasteiger partial charge is 0.395 e. The van der Waals surface area contributed by atoms with Crippen molar-refractivity contribution < 1.29 is 14.6 Å². The number of carbonyl (C=O) groups excluding carboxylic acids is 1. The number of likely N-dealkylation sites (tertiary alicyclic amines) is 1. The average molecular weight is 377 g/mol. The van der Waals surface area contributed by atoms with Crippen molar-refractivity contribution in [3.8, 4) is 0 Å². The number of carbonyl (C=O) groups is 1. The van der Waals surface area contributed by atoms with E-state index < -0.39 is 5.41 Å². The van der Waals surface area contributed by atoms with Crippen LogP contribution in [0.15, 0.2) is 12.4 Å². The average Bonchev–Trinajstić information content (AvgIpc) is 3.08. The number of nitrogens with zero attached hydrogens (tertiary/aromatic N) is 4. The van der Waals surface area contributed by atoms with Crippen LogP contribution < -0.4 is 5.32 Å². The fraction of sp³-hybridized carbons (Fsp3) is 0.789. The normalized spacial score (nSPS) is 28.7. The number of aliphatic hydroxyl groups is 1. The van der Waals surface area contributed by atoms with Crippen LogP contribution in [0, 0.1) is 5.41 Å². The van der Waals surface area contributed by atoms with Crippen LogP contribution in [0.25, 0.3) is 0 Å². The Kier molecular flexibility index (Phi) is 5.50. The molecule has 0 unspecified atom stereocenters. The monoisotopic (exact) mass is 377 g/mol. The number of rotatable bonds is 5. The molecule has 1 aromatic rings. The first-order chi connectivity index (χ1) is 13.1. The molecular formula is C19H31N5O3. The van der Waals surface area contributed by atoms with Crippen LogP contribution in [-0.2, 0) is 16.6 Å². The summed E-state index contributed by atoms with van der Waals surface area (Å²) in [5, 5.41) is 17.4. The molecule has 0 bridgehead atoms. The molecule has 0 saturated carbocycles. The van der Waals surface area contributed by atoms with Gasteiger partial charge in [0, 0.05) is 45.0 Å². The van der Waals surface area contributed by atoms with Gasteiger partial charge < -0.3 is 25.0 Å². The van der Waals surface area contributed by atoms with Crippen molar-refractivity contribution in [3.63, 3.8) is 0 Å². The highest BCUT2D eigenvalue weighted by atomic mass is 16.5. The van der Waals surface area contributed by atoms with Gasteiger partial charge in [0.1, 0.15) is 0 Å². The molecule has 2 N–H and O–H groups in total. The maximum atomic E-state index is 13.4. The topological polar surface area (TPSA) is 82.9 Å². The van der Waals surface area contributed by atoms with E-state index in [-0.39, 0.29) is 24.7 Å². The quantitative estimate of drug-likeness (QED) is 0.737. The number of aliphatic hydroxyl groups excluding tert-OH is 1. The van der Waals surface area contributed by atoms with Crippen molar-refractivity contribution in [2.45, 2.75) is 31.4 Å². The Balaban J connectivity index is 1.59. The lowest BCUT2D eigenvalue weighted by Crippen LogP contribution is -2.66. The lowest BCUT2D eigenvalue weighted by molar-refractivity contribution is -0.165. The lowest BCUT2D eigenvalue weighted by Gasteiger charge is -2.49. The van der Waals surface area contributed by atoms with E-state index in [1.807, 2.05) is 24.3 Å². The number of amides is 1. The predicted molar refractivity (Wildman–Crippen MR) is 100 cm³/mol. The first-order valence-electron chi connectivity index (χ1n) is 10.1. The highest BCUT2D eigenvalue weighted by Gasteiger charge is 2.50. The molecule has 0 radical (unpaired) electrons. The first-order valence-corrected chi connectivity index (χ1v) is 10.1. The van der Waals surface area contributed by atoms with Gasteiger partial charge >= 0.3 is 0 Å². The fourth-order valence-electron chi connectivity index (χ4n) is 4.56. The van der Waals surface area contributed by atoms with E-state index in [1.165, 1.54) is 19.3 Å². The number of hydrogen-bond donors (Lipinski definition) is 2. The van der Waals surface area contributed by atoms with Crippen LogP contribution in [0.2, 0.25) is 0 Å². The van der Waals surface area contributed by atoms with E-state index in [9.17, 15) is 9.90 Å². The minimum atomic E-state index is -0.687. The summed E-state index contributed by atoms with van der Waals surface area (Å²) in [4.78, 5) is 17.8. The van der Waals surface area contributed by atoms with Crippen molar-refractivity contribution in [1.82, 2.24) is 24.9 Å². The zero-order valence-electron chi connectivity index (χ0n) is 16.1. The molecule has 0 spiro atoms. The lowest BCUT2D eigenvalue weighted by atomic mass is 9.80. The SMILES string of the molecule is Cn1cc([C@H]2[C@H](CN3CCCCC3)OCCN2C(=O)C2(CO)CNC2)cn1. The van der Waals surface area contributed by atoms with Crippen molar-refractivity contribution in [2.75, 3.05) is 52.5 Å². The van der Waals surface area contributed by atoms with Gasteiger partial charge in [-0.1, -0.05) is 6.42 Å². The van der Waals surface area contributed by atoms with Crippen molar-refractivity contribution in [2.24, 2.45) is 12.5 Å². The van der Waals surface area contributed by atoms with Gasteiger partial charge in [-0.15, -0.1) is 0 Å². The number of morpholine rings is 1. The summed E-state index contributed by atoms with van der Waals surface area (Å²) in [7, 11) is 1.89. The Hall–Kier alpha value is -1.48.